The number of hydrogen-bond acceptors (Lipinski definition) is 4. The van der Waals surface area contributed by atoms with Crippen molar-refractivity contribution in [3.63, 3.8) is 0 Å². The Morgan fingerprint density at radius 2 is 1.67 bits per heavy atom. The molecule has 10 heteroatoms. The van der Waals surface area contributed by atoms with Gasteiger partial charge in [-0.1, -0.05) is 50.2 Å². The highest BCUT2D eigenvalue weighted by Crippen LogP contribution is 2.55. The van der Waals surface area contributed by atoms with Gasteiger partial charge in [0.1, 0.15) is 0 Å². The van der Waals surface area contributed by atoms with Crippen LogP contribution in [0.2, 0.25) is 0 Å². The number of alkyl halides is 3. The van der Waals surface area contributed by atoms with Gasteiger partial charge < -0.3 is 10.2 Å². The summed E-state index contributed by atoms with van der Waals surface area (Å²) in [5.41, 5.74) is -5.58. The van der Waals surface area contributed by atoms with E-state index < -0.39 is 51.2 Å². The van der Waals surface area contributed by atoms with E-state index in [1.807, 2.05) is 4.72 Å². The molecule has 1 aliphatic rings. The molecule has 0 saturated heterocycles. The Hall–Kier alpha value is -2.69. The molecule has 0 spiro atoms. The van der Waals surface area contributed by atoms with Gasteiger partial charge in [-0.15, -0.1) is 0 Å². The molecule has 0 bridgehead atoms. The highest BCUT2D eigenvalue weighted by molar-refractivity contribution is 7.89. The van der Waals surface area contributed by atoms with Crippen molar-refractivity contribution in [1.29, 1.82) is 0 Å². The molecule has 0 aromatic heterocycles. The van der Waals surface area contributed by atoms with Crippen LogP contribution in [0.25, 0.3) is 10.8 Å². The Kier molecular flexibility index (Phi) is 5.27. The number of phenolic OH excluding ortho intramolecular Hbond substituents is 1. The molecule has 33 heavy (non-hydrogen) atoms. The van der Waals surface area contributed by atoms with Crippen molar-refractivity contribution in [2.45, 2.75) is 48.4 Å². The number of hydrogen-bond donors (Lipinski definition) is 3. The Balaban J connectivity index is 1.90. The van der Waals surface area contributed by atoms with Gasteiger partial charge in [0.05, 0.1) is 10.9 Å². The monoisotopic (exact) mass is 483 g/mol. The fraction of sp³-hybridized carbons (Fsp3) is 0.304. The minimum absolute atomic E-state index is 0.192. The molecule has 3 aromatic rings. The maximum absolute atomic E-state index is 14.2. The van der Waals surface area contributed by atoms with Crippen LogP contribution < -0.4 is 4.72 Å². The van der Waals surface area contributed by atoms with Gasteiger partial charge in [-0.3, -0.25) is 0 Å². The van der Waals surface area contributed by atoms with Crippen molar-refractivity contribution < 1.29 is 36.2 Å². The van der Waals surface area contributed by atoms with E-state index in [1.165, 1.54) is 32.0 Å². The molecule has 0 aliphatic heterocycles. The Labute approximate surface area is 187 Å². The number of nitrogens with one attached hydrogen (secondary N) is 1. The van der Waals surface area contributed by atoms with Gasteiger partial charge >= 0.3 is 6.18 Å². The zero-order valence-electron chi connectivity index (χ0n) is 17.6. The lowest BCUT2D eigenvalue weighted by molar-refractivity contribution is -0.279. The van der Waals surface area contributed by atoms with Crippen LogP contribution >= 0.6 is 0 Å². The molecule has 3 N–H and O–H groups in total. The van der Waals surface area contributed by atoms with E-state index in [1.54, 1.807) is 24.3 Å². The Bertz CT molecular complexity index is 1350. The quantitative estimate of drug-likeness (QED) is 0.473. The third kappa shape index (κ3) is 3.75. The van der Waals surface area contributed by atoms with Crippen molar-refractivity contribution in [3.8, 4) is 5.75 Å². The lowest BCUT2D eigenvalue weighted by Gasteiger charge is -2.48. The zero-order chi connectivity index (χ0) is 24.4. The van der Waals surface area contributed by atoms with E-state index in [2.05, 4.69) is 0 Å². The molecular weight excluding hydrogens is 462 g/mol. The second-order valence-corrected chi connectivity index (χ2v) is 10.6. The van der Waals surface area contributed by atoms with Crippen LogP contribution in [0.4, 0.5) is 17.6 Å². The average molecular weight is 483 g/mol. The number of aromatic hydroxyl groups is 1. The topological polar surface area (TPSA) is 86.6 Å². The van der Waals surface area contributed by atoms with Gasteiger partial charge in [0.2, 0.25) is 10.0 Å². The lowest BCUT2D eigenvalue weighted by Crippen LogP contribution is -2.60. The summed E-state index contributed by atoms with van der Waals surface area (Å²) in [6, 6.07) is 10.4. The number of fused-ring (bicyclic) bond motifs is 2. The summed E-state index contributed by atoms with van der Waals surface area (Å²) in [6.07, 6.45) is -6.24. The van der Waals surface area contributed by atoms with E-state index in [-0.39, 0.29) is 16.0 Å². The lowest BCUT2D eigenvalue weighted by atomic mass is 9.63. The van der Waals surface area contributed by atoms with E-state index in [4.69, 9.17) is 0 Å². The number of sulfonamides is 1. The predicted octanol–water partition coefficient (Wildman–Crippen LogP) is 4.68. The summed E-state index contributed by atoms with van der Waals surface area (Å²) in [4.78, 5) is -0.302. The van der Waals surface area contributed by atoms with Gasteiger partial charge in [0.15, 0.2) is 17.2 Å². The molecular formula is C23H21F4NO4S. The smallest absolute Gasteiger partial charge is 0.419 e. The molecule has 0 saturated carbocycles. The number of benzene rings is 3. The first kappa shape index (κ1) is 23.5. The van der Waals surface area contributed by atoms with Gasteiger partial charge in [-0.25, -0.2) is 17.5 Å². The molecule has 5 nitrogen and oxygen atoms in total. The van der Waals surface area contributed by atoms with Crippen LogP contribution in [0.5, 0.6) is 5.75 Å². The number of halogens is 4. The highest BCUT2D eigenvalue weighted by Gasteiger charge is 2.65. The maximum atomic E-state index is 14.2. The van der Waals surface area contributed by atoms with E-state index in [9.17, 15) is 36.2 Å². The largest absolute Gasteiger partial charge is 0.505 e. The molecule has 0 fully saturated rings. The van der Waals surface area contributed by atoms with Crippen molar-refractivity contribution >= 4 is 20.8 Å². The van der Waals surface area contributed by atoms with E-state index in [0.717, 1.165) is 17.5 Å². The van der Waals surface area contributed by atoms with Crippen LogP contribution in [-0.2, 0) is 15.4 Å². The first-order valence-electron chi connectivity index (χ1n) is 9.99. The minimum atomic E-state index is -5.23. The van der Waals surface area contributed by atoms with Crippen molar-refractivity contribution in [1.82, 2.24) is 4.72 Å². The van der Waals surface area contributed by atoms with Gasteiger partial charge in [-0.05, 0) is 46.4 Å². The summed E-state index contributed by atoms with van der Waals surface area (Å²) in [5.74, 6) is -1.94. The van der Waals surface area contributed by atoms with Gasteiger partial charge in [-0.2, -0.15) is 13.2 Å². The van der Waals surface area contributed by atoms with Crippen molar-refractivity contribution in [2.24, 2.45) is 0 Å². The summed E-state index contributed by atoms with van der Waals surface area (Å²) >= 11 is 0. The molecule has 3 aromatic carbocycles. The molecule has 0 unspecified atom stereocenters. The Morgan fingerprint density at radius 3 is 2.30 bits per heavy atom. The van der Waals surface area contributed by atoms with Crippen LogP contribution in [0, 0.1) is 5.82 Å². The first-order chi connectivity index (χ1) is 15.2. The second kappa shape index (κ2) is 7.41. The number of phenols is 1. The van der Waals surface area contributed by atoms with Crippen LogP contribution in [-0.4, -0.2) is 30.4 Å². The van der Waals surface area contributed by atoms with Crippen LogP contribution in [0.15, 0.2) is 59.5 Å². The molecule has 0 heterocycles. The third-order valence-corrected chi connectivity index (χ3v) is 7.55. The molecule has 1 aliphatic carbocycles. The van der Waals surface area contributed by atoms with Crippen molar-refractivity contribution in [3.05, 3.63) is 71.5 Å². The standard InChI is InChI=1S/C23H21F4NO4S/c1-21(2)12-22(30,23(25,26)27)20(16-9-10-17(24)19(29)18(16)21)28-33(31,32)15-8-7-13-5-3-4-6-14(13)11-15/h3-11,20,28-30H,12H2,1-2H3/t20-,22+/m1/s1. The van der Waals surface area contributed by atoms with Gasteiger partial charge in [0.25, 0.3) is 0 Å². The highest BCUT2D eigenvalue weighted by atomic mass is 32.2. The minimum Gasteiger partial charge on any atom is -0.505 e. The van der Waals surface area contributed by atoms with E-state index in [0.29, 0.717) is 5.39 Å². The zero-order valence-corrected chi connectivity index (χ0v) is 18.4. The summed E-state index contributed by atoms with van der Waals surface area (Å²) in [7, 11) is -4.57. The molecule has 0 radical (unpaired) electrons. The molecule has 176 valence electrons. The second-order valence-electron chi connectivity index (χ2n) is 8.91. The fourth-order valence-corrected chi connectivity index (χ4v) is 5.93. The first-order valence-corrected chi connectivity index (χ1v) is 11.5. The van der Waals surface area contributed by atoms with Crippen LogP contribution in [0.3, 0.4) is 0 Å². The van der Waals surface area contributed by atoms with Crippen LogP contribution in [0.1, 0.15) is 37.4 Å². The molecule has 2 atom stereocenters. The van der Waals surface area contributed by atoms with Crippen molar-refractivity contribution in [2.75, 3.05) is 0 Å². The maximum Gasteiger partial charge on any atom is 0.419 e. The van der Waals surface area contributed by atoms with Gasteiger partial charge in [0, 0.05) is 5.56 Å². The SMILES string of the molecule is CC1(C)C[C@@](O)(C(F)(F)F)[C@H](NS(=O)(=O)c2ccc3ccccc3c2)c2ccc(F)c(O)c21. The van der Waals surface area contributed by atoms with E-state index >= 15 is 0 Å². The average Bonchev–Trinajstić information content (AvgIpc) is 2.71. The number of aliphatic hydroxyl groups is 1. The number of rotatable bonds is 3. The summed E-state index contributed by atoms with van der Waals surface area (Å²) in [6.45, 7) is 2.63. The summed E-state index contributed by atoms with van der Waals surface area (Å²) in [5, 5.41) is 22.4. The fourth-order valence-electron chi connectivity index (χ4n) is 4.64. The Morgan fingerprint density at radius 1 is 1.03 bits per heavy atom. The normalized spacial score (nSPS) is 22.8. The summed E-state index contributed by atoms with van der Waals surface area (Å²) < 4.78 is 84.8. The molecule has 0 amide bonds. The third-order valence-electron chi connectivity index (χ3n) is 6.13. The molecule has 4 rings (SSSR count). The predicted molar refractivity (Wildman–Crippen MR) is 114 cm³/mol.